The van der Waals surface area contributed by atoms with E-state index in [1.807, 2.05) is 37.3 Å². The van der Waals surface area contributed by atoms with Crippen LogP contribution in [0.3, 0.4) is 0 Å². The average Bonchev–Trinajstić information content (AvgIpc) is 2.91. The Kier molecular flexibility index (Phi) is 6.03. The number of likely N-dealkylation sites (tertiary alicyclic amines) is 1. The van der Waals surface area contributed by atoms with Crippen LogP contribution in [0.15, 0.2) is 30.3 Å². The third kappa shape index (κ3) is 3.63. The molecule has 1 aromatic rings. The van der Waals surface area contributed by atoms with Crippen molar-refractivity contribution in [3.8, 4) is 0 Å². The number of aryl methyl sites for hydroxylation is 1. The lowest BCUT2D eigenvalue weighted by molar-refractivity contribution is -0.154. The second-order valence-electron chi connectivity index (χ2n) is 7.04. The molecular formula is C20H29NO3. The molecule has 1 aromatic carbocycles. The summed E-state index contributed by atoms with van der Waals surface area (Å²) in [4.78, 5) is 27.1. The van der Waals surface area contributed by atoms with E-state index in [0.717, 1.165) is 19.3 Å². The third-order valence-electron chi connectivity index (χ3n) is 5.72. The minimum Gasteiger partial charge on any atom is -0.467 e. The van der Waals surface area contributed by atoms with Crippen LogP contribution in [0.4, 0.5) is 0 Å². The Bertz CT molecular complexity index is 572. The van der Waals surface area contributed by atoms with Crippen LogP contribution in [0.2, 0.25) is 0 Å². The van der Waals surface area contributed by atoms with E-state index in [0.29, 0.717) is 18.9 Å². The van der Waals surface area contributed by atoms with Gasteiger partial charge in [-0.1, -0.05) is 57.5 Å². The molecule has 0 aliphatic carbocycles. The number of rotatable bonds is 7. The lowest BCUT2D eigenvalue weighted by Crippen LogP contribution is -2.46. The number of benzene rings is 1. The summed E-state index contributed by atoms with van der Waals surface area (Å²) < 4.78 is 4.98. The molecule has 1 aliphatic heterocycles. The first-order valence-electron chi connectivity index (χ1n) is 8.86. The van der Waals surface area contributed by atoms with Crippen molar-refractivity contribution < 1.29 is 14.3 Å². The molecule has 0 saturated carbocycles. The monoisotopic (exact) mass is 331 g/mol. The minimum absolute atomic E-state index is 0.0975. The summed E-state index contributed by atoms with van der Waals surface area (Å²) >= 11 is 0. The predicted molar refractivity (Wildman–Crippen MR) is 94.5 cm³/mol. The fourth-order valence-electron chi connectivity index (χ4n) is 3.58. The number of esters is 1. The molecule has 1 saturated heterocycles. The van der Waals surface area contributed by atoms with Gasteiger partial charge in [-0.15, -0.1) is 0 Å². The number of methoxy groups -OCH3 is 1. The molecule has 2 rings (SSSR count). The van der Waals surface area contributed by atoms with Crippen molar-refractivity contribution in [2.24, 2.45) is 11.3 Å². The molecular weight excluding hydrogens is 302 g/mol. The Morgan fingerprint density at radius 2 is 2.00 bits per heavy atom. The summed E-state index contributed by atoms with van der Waals surface area (Å²) in [7, 11) is 1.40. The molecule has 24 heavy (non-hydrogen) atoms. The highest BCUT2D eigenvalue weighted by atomic mass is 16.5. The van der Waals surface area contributed by atoms with E-state index in [-0.39, 0.29) is 17.3 Å². The van der Waals surface area contributed by atoms with Crippen molar-refractivity contribution in [3.63, 3.8) is 0 Å². The lowest BCUT2D eigenvalue weighted by Gasteiger charge is -2.31. The normalized spacial score (nSPS) is 23.2. The Morgan fingerprint density at radius 3 is 2.58 bits per heavy atom. The largest absolute Gasteiger partial charge is 0.467 e. The van der Waals surface area contributed by atoms with Crippen LogP contribution >= 0.6 is 0 Å². The van der Waals surface area contributed by atoms with Gasteiger partial charge in [-0.25, -0.2) is 4.79 Å². The maximum Gasteiger partial charge on any atom is 0.328 e. The van der Waals surface area contributed by atoms with Gasteiger partial charge in [0.25, 0.3) is 0 Å². The summed E-state index contributed by atoms with van der Waals surface area (Å²) in [5, 5.41) is 0. The van der Waals surface area contributed by atoms with Crippen molar-refractivity contribution in [2.75, 3.05) is 13.7 Å². The molecule has 1 unspecified atom stereocenters. The van der Waals surface area contributed by atoms with Gasteiger partial charge in [0.05, 0.1) is 12.5 Å². The smallest absolute Gasteiger partial charge is 0.328 e. The van der Waals surface area contributed by atoms with Crippen LogP contribution < -0.4 is 0 Å². The van der Waals surface area contributed by atoms with Crippen LogP contribution in [-0.4, -0.2) is 36.5 Å². The first-order chi connectivity index (χ1) is 11.4. The van der Waals surface area contributed by atoms with Gasteiger partial charge in [-0.3, -0.25) is 4.79 Å². The molecule has 0 bridgehead atoms. The minimum atomic E-state index is -0.492. The number of ether oxygens (including phenoxy) is 1. The maximum absolute atomic E-state index is 13.0. The summed E-state index contributed by atoms with van der Waals surface area (Å²) in [5.41, 5.74) is 0.802. The van der Waals surface area contributed by atoms with Gasteiger partial charge in [-0.2, -0.15) is 0 Å². The quantitative estimate of drug-likeness (QED) is 0.719. The van der Waals surface area contributed by atoms with E-state index in [2.05, 4.69) is 13.8 Å². The Morgan fingerprint density at radius 1 is 1.33 bits per heavy atom. The van der Waals surface area contributed by atoms with Crippen molar-refractivity contribution in [1.29, 1.82) is 0 Å². The van der Waals surface area contributed by atoms with Gasteiger partial charge >= 0.3 is 5.97 Å². The van der Waals surface area contributed by atoms with E-state index in [4.69, 9.17) is 4.74 Å². The zero-order valence-corrected chi connectivity index (χ0v) is 15.2. The highest BCUT2D eigenvalue weighted by Crippen LogP contribution is 2.41. The van der Waals surface area contributed by atoms with Crippen molar-refractivity contribution >= 4 is 11.9 Å². The Labute approximate surface area is 145 Å². The maximum atomic E-state index is 13.0. The van der Waals surface area contributed by atoms with E-state index in [9.17, 15) is 9.59 Å². The van der Waals surface area contributed by atoms with E-state index in [1.54, 1.807) is 4.90 Å². The van der Waals surface area contributed by atoms with Crippen LogP contribution in [0.1, 0.15) is 45.6 Å². The molecule has 3 atom stereocenters. The zero-order chi connectivity index (χ0) is 17.7. The van der Waals surface area contributed by atoms with Gasteiger partial charge in [0.15, 0.2) is 0 Å². The second-order valence-corrected chi connectivity index (χ2v) is 7.04. The number of hydrogen-bond acceptors (Lipinski definition) is 3. The molecule has 1 aliphatic rings. The van der Waals surface area contributed by atoms with Crippen LogP contribution in [0.25, 0.3) is 0 Å². The van der Waals surface area contributed by atoms with Crippen LogP contribution in [0.5, 0.6) is 0 Å². The molecule has 0 spiro atoms. The standard InChI is InChI=1S/C20H29NO3/c1-5-15(2)20(3)13-14-21(19(20)23)17(18(22)24-4)12-11-16-9-7-6-8-10-16/h6-10,15,17H,5,11-14H2,1-4H3/t15-,17?,20-/m1/s1. The highest BCUT2D eigenvalue weighted by Gasteiger charge is 2.49. The van der Waals surface area contributed by atoms with Crippen molar-refractivity contribution in [2.45, 2.75) is 52.5 Å². The summed E-state index contributed by atoms with van der Waals surface area (Å²) in [5.74, 6) is 0.0930. The van der Waals surface area contributed by atoms with E-state index < -0.39 is 6.04 Å². The zero-order valence-electron chi connectivity index (χ0n) is 15.2. The highest BCUT2D eigenvalue weighted by molar-refractivity contribution is 5.89. The molecule has 4 heteroatoms. The molecule has 0 N–H and O–H groups in total. The topological polar surface area (TPSA) is 46.6 Å². The molecule has 0 radical (unpaired) electrons. The lowest BCUT2D eigenvalue weighted by atomic mass is 9.75. The van der Waals surface area contributed by atoms with E-state index >= 15 is 0 Å². The van der Waals surface area contributed by atoms with Gasteiger partial charge in [0, 0.05) is 6.54 Å². The van der Waals surface area contributed by atoms with Crippen molar-refractivity contribution in [1.82, 2.24) is 4.90 Å². The fraction of sp³-hybridized carbons (Fsp3) is 0.600. The van der Waals surface area contributed by atoms with Gasteiger partial charge < -0.3 is 9.64 Å². The second kappa shape index (κ2) is 7.82. The number of carbonyl (C=O) groups is 2. The molecule has 4 nitrogen and oxygen atoms in total. The van der Waals surface area contributed by atoms with Gasteiger partial charge in [0.2, 0.25) is 5.91 Å². The SMILES string of the molecule is CC[C@@H](C)[C@@]1(C)CCN(C(CCc2ccccc2)C(=O)OC)C1=O. The average molecular weight is 331 g/mol. The number of carbonyl (C=O) groups excluding carboxylic acids is 2. The number of amides is 1. The molecule has 1 amide bonds. The number of hydrogen-bond donors (Lipinski definition) is 0. The van der Waals surface area contributed by atoms with Crippen molar-refractivity contribution in [3.05, 3.63) is 35.9 Å². The summed E-state index contributed by atoms with van der Waals surface area (Å²) in [6.07, 6.45) is 3.12. The molecule has 132 valence electrons. The Hall–Kier alpha value is -1.84. The van der Waals surface area contributed by atoms with Gasteiger partial charge in [-0.05, 0) is 30.7 Å². The summed E-state index contributed by atoms with van der Waals surface area (Å²) in [6, 6.07) is 9.55. The third-order valence-corrected chi connectivity index (χ3v) is 5.72. The summed E-state index contributed by atoms with van der Waals surface area (Å²) in [6.45, 7) is 6.90. The van der Waals surface area contributed by atoms with Crippen LogP contribution in [0, 0.1) is 11.3 Å². The molecule has 1 fully saturated rings. The molecule has 0 aromatic heterocycles. The van der Waals surface area contributed by atoms with Crippen LogP contribution in [-0.2, 0) is 20.7 Å². The Balaban J connectivity index is 2.14. The first kappa shape index (κ1) is 18.5. The van der Waals surface area contributed by atoms with E-state index in [1.165, 1.54) is 12.7 Å². The number of nitrogens with zero attached hydrogens (tertiary/aromatic N) is 1. The predicted octanol–water partition coefficient (Wildman–Crippen LogP) is 3.45. The molecule has 1 heterocycles. The first-order valence-corrected chi connectivity index (χ1v) is 8.86. The fourth-order valence-corrected chi connectivity index (χ4v) is 3.58. The van der Waals surface area contributed by atoms with Gasteiger partial charge in [0.1, 0.15) is 6.04 Å².